The minimum Gasteiger partial charge on any atom is -0.872 e. The fourth-order valence-electron chi connectivity index (χ4n) is 4.93. The fourth-order valence-corrected chi connectivity index (χ4v) is 4.93. The molecule has 2 heterocycles. The number of rotatable bonds is 6. The van der Waals surface area contributed by atoms with E-state index in [2.05, 4.69) is 9.98 Å². The van der Waals surface area contributed by atoms with Gasteiger partial charge in [-0.3, -0.25) is 19.0 Å². The van der Waals surface area contributed by atoms with Crippen molar-refractivity contribution in [1.29, 1.82) is 0 Å². The van der Waals surface area contributed by atoms with Gasteiger partial charge in [0.05, 0.1) is 22.8 Å². The van der Waals surface area contributed by atoms with Crippen LogP contribution in [0.3, 0.4) is 0 Å². The van der Waals surface area contributed by atoms with Crippen molar-refractivity contribution in [3.05, 3.63) is 140 Å². The van der Waals surface area contributed by atoms with Crippen LogP contribution in [0.25, 0.3) is 11.4 Å². The molecule has 13 heteroatoms. The molecule has 253 valence electrons. The molecule has 6 aromatic rings. The van der Waals surface area contributed by atoms with Gasteiger partial charge in [-0.05, 0) is 73.5 Å². The van der Waals surface area contributed by atoms with Gasteiger partial charge in [0.25, 0.3) is 11.1 Å². The standard InChI is InChI=1S/2C18H17N3O3.Cu/c2*1-12-17(19-11-13-8-9-15(22)10-16(13)23)18(24)21(20(12)2)14-6-4-3-5-7-14;/h2*3-11,22-23H,1-2H3;/q;;+2/p-2. The van der Waals surface area contributed by atoms with Crippen LogP contribution in [0.4, 0.5) is 11.4 Å². The van der Waals surface area contributed by atoms with E-state index in [-0.39, 0.29) is 62.6 Å². The zero-order chi connectivity index (χ0) is 34.5. The predicted octanol–water partition coefficient (Wildman–Crippen LogP) is 4.03. The van der Waals surface area contributed by atoms with Gasteiger partial charge in [-0.2, -0.15) is 0 Å². The van der Waals surface area contributed by atoms with Gasteiger partial charge in [0.1, 0.15) is 11.5 Å². The third-order valence-electron chi connectivity index (χ3n) is 7.71. The van der Waals surface area contributed by atoms with E-state index in [4.69, 9.17) is 0 Å². The Hall–Kier alpha value is -6.04. The molecule has 2 aromatic heterocycles. The molecule has 0 fully saturated rings. The Kier molecular flexibility index (Phi) is 11.1. The second kappa shape index (κ2) is 15.2. The Labute approximate surface area is 291 Å². The molecule has 0 atom stereocenters. The first-order chi connectivity index (χ1) is 23.0. The summed E-state index contributed by atoms with van der Waals surface area (Å²) in [6.07, 6.45) is 2.70. The summed E-state index contributed by atoms with van der Waals surface area (Å²) in [4.78, 5) is 33.8. The number of benzene rings is 4. The van der Waals surface area contributed by atoms with Gasteiger partial charge >= 0.3 is 17.1 Å². The summed E-state index contributed by atoms with van der Waals surface area (Å²) in [6, 6.07) is 26.5. The first-order valence-corrected chi connectivity index (χ1v) is 14.7. The van der Waals surface area contributed by atoms with Crippen molar-refractivity contribution in [3.8, 4) is 34.4 Å². The summed E-state index contributed by atoms with van der Waals surface area (Å²) in [5.74, 6) is -0.898. The van der Waals surface area contributed by atoms with Gasteiger partial charge < -0.3 is 20.4 Å². The normalized spacial score (nSPS) is 11.0. The number of hydrogen-bond donors (Lipinski definition) is 2. The maximum absolute atomic E-state index is 12.7. The summed E-state index contributed by atoms with van der Waals surface area (Å²) in [7, 11) is 3.56. The van der Waals surface area contributed by atoms with Gasteiger partial charge in [-0.1, -0.05) is 60.0 Å². The van der Waals surface area contributed by atoms with Crippen LogP contribution in [0.2, 0.25) is 0 Å². The maximum atomic E-state index is 12.7. The van der Waals surface area contributed by atoms with E-state index in [1.54, 1.807) is 37.3 Å². The SMILES string of the molecule is Cc1c(N=Cc2ccc(O)cc2[O-])c(=O)n(-c2ccccc2)n1C.Cc1c(N=Cc2ccc(O)cc2[O-])c(=O)n(-c2ccccc2)n1C.[Cu+2]. The van der Waals surface area contributed by atoms with Gasteiger partial charge in [0.15, 0.2) is 11.4 Å². The van der Waals surface area contributed by atoms with Gasteiger partial charge in [-0.25, -0.2) is 19.3 Å². The number of nitrogens with zero attached hydrogens (tertiary/aromatic N) is 6. The van der Waals surface area contributed by atoms with Crippen molar-refractivity contribution in [2.45, 2.75) is 13.8 Å². The van der Waals surface area contributed by atoms with Crippen LogP contribution in [0.1, 0.15) is 22.5 Å². The van der Waals surface area contributed by atoms with Crippen molar-refractivity contribution in [1.82, 2.24) is 18.7 Å². The molecule has 0 amide bonds. The molecular weight excluding hydrogens is 676 g/mol. The molecule has 12 nitrogen and oxygen atoms in total. The van der Waals surface area contributed by atoms with E-state index in [0.29, 0.717) is 22.5 Å². The molecule has 0 aliphatic heterocycles. The van der Waals surface area contributed by atoms with Crippen LogP contribution in [-0.2, 0) is 31.2 Å². The molecule has 0 aliphatic carbocycles. The molecule has 0 saturated heterocycles. The Bertz CT molecular complexity index is 2110. The quantitative estimate of drug-likeness (QED) is 0.196. The number of phenolic OH excluding ortho intramolecular Hbond substituents is 2. The molecule has 2 N–H and O–H groups in total. The molecule has 1 radical (unpaired) electrons. The number of phenols is 2. The summed E-state index contributed by atoms with van der Waals surface area (Å²) in [6.45, 7) is 3.59. The van der Waals surface area contributed by atoms with Gasteiger partial charge in [0, 0.05) is 26.5 Å². The van der Waals surface area contributed by atoms with E-state index in [1.807, 2.05) is 60.7 Å². The van der Waals surface area contributed by atoms with E-state index in [9.17, 15) is 30.0 Å². The zero-order valence-corrected chi connectivity index (χ0v) is 27.8. The molecular formula is C36H32CuN6O6. The summed E-state index contributed by atoms with van der Waals surface area (Å²) < 4.78 is 6.49. The van der Waals surface area contributed by atoms with E-state index < -0.39 is 0 Å². The maximum Gasteiger partial charge on any atom is 2.00 e. The van der Waals surface area contributed by atoms with Gasteiger partial charge in [-0.15, -0.1) is 0 Å². The molecule has 0 aliphatic rings. The van der Waals surface area contributed by atoms with E-state index >= 15 is 0 Å². The van der Waals surface area contributed by atoms with E-state index in [0.717, 1.165) is 23.5 Å². The Morgan fingerprint density at radius 1 is 0.592 bits per heavy atom. The molecule has 0 unspecified atom stereocenters. The number of para-hydroxylation sites is 2. The second-order valence-corrected chi connectivity index (χ2v) is 10.8. The van der Waals surface area contributed by atoms with Crippen molar-refractivity contribution in [2.75, 3.05) is 0 Å². The van der Waals surface area contributed by atoms with Crippen molar-refractivity contribution < 1.29 is 37.5 Å². The zero-order valence-electron chi connectivity index (χ0n) is 26.9. The average Bonchev–Trinajstić information content (AvgIpc) is 3.42. The minimum absolute atomic E-state index is 0. The van der Waals surface area contributed by atoms with Crippen molar-refractivity contribution in [2.24, 2.45) is 24.1 Å². The minimum atomic E-state index is -0.351. The molecule has 0 spiro atoms. The average molecular weight is 708 g/mol. The van der Waals surface area contributed by atoms with Crippen LogP contribution in [0.15, 0.2) is 117 Å². The number of aliphatic imine (C=N–C) groups is 2. The number of aromatic nitrogens is 4. The third-order valence-corrected chi connectivity index (χ3v) is 7.71. The summed E-state index contributed by atoms with van der Waals surface area (Å²) >= 11 is 0. The van der Waals surface area contributed by atoms with E-state index in [1.165, 1.54) is 46.1 Å². The fraction of sp³-hybridized carbons (Fsp3) is 0.111. The second-order valence-electron chi connectivity index (χ2n) is 10.8. The molecule has 6 rings (SSSR count). The molecule has 0 saturated carbocycles. The van der Waals surface area contributed by atoms with Crippen LogP contribution in [-0.4, -0.2) is 41.4 Å². The largest absolute Gasteiger partial charge is 2.00 e. The predicted molar refractivity (Wildman–Crippen MR) is 181 cm³/mol. The number of hydrogen-bond acceptors (Lipinski definition) is 8. The first-order valence-electron chi connectivity index (χ1n) is 14.7. The monoisotopic (exact) mass is 707 g/mol. The van der Waals surface area contributed by atoms with Crippen molar-refractivity contribution in [3.63, 3.8) is 0 Å². The summed E-state index contributed by atoms with van der Waals surface area (Å²) in [5, 5.41) is 42.1. The number of aromatic hydroxyl groups is 2. The van der Waals surface area contributed by atoms with Gasteiger partial charge in [0.2, 0.25) is 0 Å². The van der Waals surface area contributed by atoms with Crippen LogP contribution >= 0.6 is 0 Å². The summed E-state index contributed by atoms with van der Waals surface area (Å²) in [5.41, 5.74) is 3.49. The smallest absolute Gasteiger partial charge is 0.872 e. The third kappa shape index (κ3) is 7.59. The molecule has 49 heavy (non-hydrogen) atoms. The van der Waals surface area contributed by atoms with Crippen molar-refractivity contribution >= 4 is 23.8 Å². The molecule has 0 bridgehead atoms. The topological polar surface area (TPSA) is 165 Å². The Morgan fingerprint density at radius 2 is 0.939 bits per heavy atom. The Balaban J connectivity index is 0.000000216. The Morgan fingerprint density at radius 3 is 1.27 bits per heavy atom. The first kappa shape index (κ1) is 35.8. The van der Waals surface area contributed by atoms with Crippen LogP contribution in [0, 0.1) is 13.8 Å². The van der Waals surface area contributed by atoms with Crippen LogP contribution in [0.5, 0.6) is 23.0 Å². The van der Waals surface area contributed by atoms with Crippen LogP contribution < -0.4 is 21.3 Å². The molecule has 4 aromatic carbocycles.